The molecule has 1 heterocycles. The zero-order valence-electron chi connectivity index (χ0n) is 15.7. The van der Waals surface area contributed by atoms with Crippen molar-refractivity contribution in [2.24, 2.45) is 0 Å². The van der Waals surface area contributed by atoms with Gasteiger partial charge in [-0.25, -0.2) is 4.79 Å². The van der Waals surface area contributed by atoms with Crippen LogP contribution in [-0.4, -0.2) is 16.0 Å². The average molecular weight is 421 g/mol. The first-order valence-corrected chi connectivity index (χ1v) is 9.65. The summed E-state index contributed by atoms with van der Waals surface area (Å²) in [6.45, 7) is 0. The van der Waals surface area contributed by atoms with Crippen LogP contribution in [0.4, 0.5) is 0 Å². The van der Waals surface area contributed by atoms with E-state index in [0.717, 1.165) is 0 Å². The van der Waals surface area contributed by atoms with Crippen LogP contribution in [0.2, 0.25) is 5.02 Å². The van der Waals surface area contributed by atoms with E-state index in [-0.39, 0.29) is 40.4 Å². The van der Waals surface area contributed by atoms with Crippen molar-refractivity contribution in [3.8, 4) is 11.5 Å². The highest BCUT2D eigenvalue weighted by atomic mass is 35.5. The molecule has 6 heteroatoms. The van der Waals surface area contributed by atoms with Crippen LogP contribution in [0.5, 0.6) is 11.5 Å². The fraction of sp³-hybridized carbons (Fsp3) is 0.0833. The van der Waals surface area contributed by atoms with Gasteiger partial charge in [-0.15, -0.1) is 0 Å². The molecule has 0 spiro atoms. The summed E-state index contributed by atoms with van der Waals surface area (Å²) in [5, 5.41) is 21.8. The minimum atomic E-state index is -0.796. The van der Waals surface area contributed by atoms with Gasteiger partial charge >= 0.3 is 5.63 Å². The first-order valence-electron chi connectivity index (χ1n) is 9.27. The van der Waals surface area contributed by atoms with Crippen LogP contribution in [0.3, 0.4) is 0 Å². The second-order valence-electron chi connectivity index (χ2n) is 6.90. The highest BCUT2D eigenvalue weighted by Gasteiger charge is 2.28. The Balaban J connectivity index is 1.87. The van der Waals surface area contributed by atoms with Crippen molar-refractivity contribution in [1.82, 2.24) is 0 Å². The van der Waals surface area contributed by atoms with Gasteiger partial charge in [0.05, 0.1) is 16.5 Å². The Labute approximate surface area is 176 Å². The molecular formula is C24H17ClO5. The smallest absolute Gasteiger partial charge is 0.343 e. The van der Waals surface area contributed by atoms with Crippen molar-refractivity contribution >= 4 is 28.4 Å². The van der Waals surface area contributed by atoms with Crippen LogP contribution < -0.4 is 5.63 Å². The third-order valence-electron chi connectivity index (χ3n) is 5.03. The lowest BCUT2D eigenvalue weighted by Crippen LogP contribution is -2.17. The molecule has 0 aliphatic heterocycles. The molecule has 30 heavy (non-hydrogen) atoms. The average Bonchev–Trinajstić information content (AvgIpc) is 2.74. The molecule has 0 bridgehead atoms. The van der Waals surface area contributed by atoms with E-state index in [1.807, 2.05) is 0 Å². The molecule has 1 atom stereocenters. The van der Waals surface area contributed by atoms with E-state index in [9.17, 15) is 19.8 Å². The van der Waals surface area contributed by atoms with E-state index < -0.39 is 11.5 Å². The molecule has 2 N–H and O–H groups in total. The van der Waals surface area contributed by atoms with Crippen LogP contribution in [0.1, 0.15) is 33.8 Å². The number of para-hydroxylation sites is 2. The highest BCUT2D eigenvalue weighted by molar-refractivity contribution is 6.30. The Bertz CT molecular complexity index is 1290. The summed E-state index contributed by atoms with van der Waals surface area (Å²) in [7, 11) is 0. The van der Waals surface area contributed by atoms with Gasteiger partial charge in [0.15, 0.2) is 5.78 Å². The normalized spacial score (nSPS) is 12.0. The number of hydrogen-bond acceptors (Lipinski definition) is 5. The third kappa shape index (κ3) is 3.67. The largest absolute Gasteiger partial charge is 0.507 e. The molecule has 0 amide bonds. The monoisotopic (exact) mass is 420 g/mol. The van der Waals surface area contributed by atoms with Crippen molar-refractivity contribution < 1.29 is 19.4 Å². The molecular weight excluding hydrogens is 404 g/mol. The van der Waals surface area contributed by atoms with Crippen molar-refractivity contribution in [1.29, 1.82) is 0 Å². The van der Waals surface area contributed by atoms with Crippen LogP contribution in [0.25, 0.3) is 11.0 Å². The zero-order valence-corrected chi connectivity index (χ0v) is 16.5. The fourth-order valence-electron chi connectivity index (χ4n) is 3.54. The Morgan fingerprint density at radius 3 is 2.33 bits per heavy atom. The van der Waals surface area contributed by atoms with Gasteiger partial charge in [0.2, 0.25) is 0 Å². The molecule has 0 saturated heterocycles. The number of Topliss-reactive ketones (excluding diaryl/α,β-unsaturated/α-hetero) is 1. The Morgan fingerprint density at radius 2 is 1.60 bits per heavy atom. The number of phenolic OH excluding ortho intramolecular Hbond substituents is 1. The van der Waals surface area contributed by atoms with Gasteiger partial charge in [0.25, 0.3) is 0 Å². The van der Waals surface area contributed by atoms with E-state index in [4.69, 9.17) is 16.0 Å². The minimum absolute atomic E-state index is 0.0141. The van der Waals surface area contributed by atoms with Crippen molar-refractivity contribution in [3.05, 3.63) is 105 Å². The van der Waals surface area contributed by atoms with Gasteiger partial charge in [0.1, 0.15) is 17.1 Å². The lowest BCUT2D eigenvalue weighted by atomic mass is 9.85. The summed E-state index contributed by atoms with van der Waals surface area (Å²) >= 11 is 6.00. The van der Waals surface area contributed by atoms with Crippen LogP contribution in [0.15, 0.2) is 82.0 Å². The van der Waals surface area contributed by atoms with E-state index in [2.05, 4.69) is 0 Å². The lowest BCUT2D eigenvalue weighted by Gasteiger charge is -2.18. The van der Waals surface area contributed by atoms with Gasteiger partial charge in [0, 0.05) is 17.4 Å². The fourth-order valence-corrected chi connectivity index (χ4v) is 3.67. The second-order valence-corrected chi connectivity index (χ2v) is 7.33. The number of aromatic hydroxyl groups is 2. The number of benzene rings is 3. The topological polar surface area (TPSA) is 87.7 Å². The third-order valence-corrected chi connectivity index (χ3v) is 5.29. The SMILES string of the molecule is O=C(CC(c1ccc(Cl)cc1)c1c(O)c2ccccc2oc1=O)c1ccccc1O. The van der Waals surface area contributed by atoms with E-state index >= 15 is 0 Å². The molecule has 0 aliphatic carbocycles. The highest BCUT2D eigenvalue weighted by Crippen LogP contribution is 2.37. The maximum Gasteiger partial charge on any atom is 0.343 e. The number of carbonyl (C=O) groups is 1. The number of rotatable bonds is 5. The number of carbonyl (C=O) groups excluding carboxylic acids is 1. The van der Waals surface area contributed by atoms with E-state index in [1.54, 1.807) is 60.7 Å². The summed E-state index contributed by atoms with van der Waals surface area (Å²) in [5.41, 5.74) is 0.267. The summed E-state index contributed by atoms with van der Waals surface area (Å²) < 4.78 is 5.41. The Morgan fingerprint density at radius 1 is 0.933 bits per heavy atom. The molecule has 1 aromatic heterocycles. The van der Waals surface area contributed by atoms with Gasteiger partial charge in [-0.2, -0.15) is 0 Å². The van der Waals surface area contributed by atoms with E-state index in [1.165, 1.54) is 12.1 Å². The minimum Gasteiger partial charge on any atom is -0.507 e. The number of halogens is 1. The quantitative estimate of drug-likeness (QED) is 0.339. The number of phenols is 1. The molecule has 4 aromatic rings. The zero-order chi connectivity index (χ0) is 21.3. The standard InChI is InChI=1S/C24H17ClO5/c25-15-11-9-14(10-12-15)18(13-20(27)16-5-1-3-7-19(16)26)22-23(28)17-6-2-4-8-21(17)30-24(22)29/h1-12,18,26,28H,13H2. The van der Waals surface area contributed by atoms with Gasteiger partial charge in [-0.3, -0.25) is 4.79 Å². The molecule has 4 rings (SSSR count). The molecule has 150 valence electrons. The number of hydrogen-bond donors (Lipinski definition) is 2. The molecule has 5 nitrogen and oxygen atoms in total. The molecule has 0 saturated carbocycles. The predicted molar refractivity (Wildman–Crippen MR) is 114 cm³/mol. The van der Waals surface area contributed by atoms with Crippen LogP contribution in [0, 0.1) is 0 Å². The van der Waals surface area contributed by atoms with E-state index in [0.29, 0.717) is 16.0 Å². The lowest BCUT2D eigenvalue weighted by molar-refractivity contribution is 0.0974. The first kappa shape index (κ1) is 19.7. The molecule has 1 unspecified atom stereocenters. The predicted octanol–water partition coefficient (Wildman–Crippen LogP) is 5.26. The Kier molecular flexibility index (Phi) is 5.29. The van der Waals surface area contributed by atoms with Crippen molar-refractivity contribution in [2.45, 2.75) is 12.3 Å². The molecule has 0 aliphatic rings. The summed E-state index contributed by atoms with van der Waals surface area (Å²) in [6.07, 6.45) is -0.157. The maximum atomic E-state index is 13.0. The van der Waals surface area contributed by atoms with Gasteiger partial charge in [-0.05, 0) is 42.0 Å². The first-order chi connectivity index (χ1) is 14.5. The maximum absolute atomic E-state index is 13.0. The summed E-state index contributed by atoms with van der Waals surface area (Å²) in [4.78, 5) is 25.8. The Hall–Kier alpha value is -3.57. The number of fused-ring (bicyclic) bond motifs is 1. The molecule has 3 aromatic carbocycles. The van der Waals surface area contributed by atoms with Gasteiger partial charge < -0.3 is 14.6 Å². The van der Waals surface area contributed by atoms with Crippen molar-refractivity contribution in [3.63, 3.8) is 0 Å². The molecule has 0 fully saturated rings. The molecule has 0 radical (unpaired) electrons. The summed E-state index contributed by atoms with van der Waals surface area (Å²) in [6, 6.07) is 19.5. The van der Waals surface area contributed by atoms with Crippen LogP contribution >= 0.6 is 11.6 Å². The van der Waals surface area contributed by atoms with Crippen LogP contribution in [-0.2, 0) is 0 Å². The second kappa shape index (κ2) is 8.05. The number of ketones is 1. The van der Waals surface area contributed by atoms with Crippen molar-refractivity contribution in [2.75, 3.05) is 0 Å². The van der Waals surface area contributed by atoms with Gasteiger partial charge in [-0.1, -0.05) is 48.0 Å². The summed E-state index contributed by atoms with van der Waals surface area (Å²) in [5.74, 6) is -1.55.